The van der Waals surface area contributed by atoms with Crippen molar-refractivity contribution < 1.29 is 14.3 Å². The normalized spacial score (nSPS) is 18.5. The zero-order valence-corrected chi connectivity index (χ0v) is 9.28. The summed E-state index contributed by atoms with van der Waals surface area (Å²) in [7, 11) is 0. The summed E-state index contributed by atoms with van der Waals surface area (Å²) >= 11 is 0. The Hall–Kier alpha value is -0.940. The third-order valence-electron chi connectivity index (χ3n) is 3.12. The number of morpholine rings is 1. The van der Waals surface area contributed by atoms with Gasteiger partial charge in [0, 0.05) is 6.54 Å². The molecule has 0 bridgehead atoms. The lowest BCUT2D eigenvalue weighted by molar-refractivity contribution is -0.166. The molecular formula is C10H18N2O3. The van der Waals surface area contributed by atoms with Crippen molar-refractivity contribution in [3.8, 4) is 0 Å². The zero-order valence-electron chi connectivity index (χ0n) is 9.28. The number of imide groups is 1. The SMILES string of the molecule is CCC(CC)(CN)N1C(=O)COCC1=O. The van der Waals surface area contributed by atoms with Gasteiger partial charge >= 0.3 is 0 Å². The van der Waals surface area contributed by atoms with Crippen molar-refractivity contribution >= 4 is 11.8 Å². The number of amides is 2. The van der Waals surface area contributed by atoms with Crippen LogP contribution in [0.15, 0.2) is 0 Å². The minimum absolute atomic E-state index is 0.0203. The Morgan fingerprint density at radius 1 is 1.27 bits per heavy atom. The van der Waals surface area contributed by atoms with E-state index < -0.39 is 5.54 Å². The van der Waals surface area contributed by atoms with Gasteiger partial charge in [0.25, 0.3) is 11.8 Å². The van der Waals surface area contributed by atoms with Crippen molar-refractivity contribution in [3.05, 3.63) is 0 Å². The van der Waals surface area contributed by atoms with Crippen LogP contribution >= 0.6 is 0 Å². The molecule has 1 heterocycles. The fourth-order valence-corrected chi connectivity index (χ4v) is 1.97. The summed E-state index contributed by atoms with van der Waals surface area (Å²) in [5.41, 5.74) is 5.17. The van der Waals surface area contributed by atoms with Gasteiger partial charge in [0.05, 0.1) is 5.54 Å². The van der Waals surface area contributed by atoms with Gasteiger partial charge in [-0.3, -0.25) is 14.5 Å². The van der Waals surface area contributed by atoms with Crippen molar-refractivity contribution in [2.24, 2.45) is 5.73 Å². The van der Waals surface area contributed by atoms with Crippen LogP contribution in [0.2, 0.25) is 0 Å². The van der Waals surface area contributed by atoms with E-state index in [1.807, 2.05) is 13.8 Å². The molecule has 0 spiro atoms. The molecule has 0 atom stereocenters. The Kier molecular flexibility index (Phi) is 3.82. The molecule has 0 aliphatic carbocycles. The highest BCUT2D eigenvalue weighted by molar-refractivity contribution is 5.99. The molecule has 0 radical (unpaired) electrons. The molecule has 0 saturated carbocycles. The van der Waals surface area contributed by atoms with Crippen LogP contribution < -0.4 is 5.73 Å². The summed E-state index contributed by atoms with van der Waals surface area (Å²) in [4.78, 5) is 24.6. The van der Waals surface area contributed by atoms with Crippen molar-refractivity contribution in [2.75, 3.05) is 19.8 Å². The quantitative estimate of drug-likeness (QED) is 0.663. The summed E-state index contributed by atoms with van der Waals surface area (Å²) < 4.78 is 4.87. The predicted molar refractivity (Wildman–Crippen MR) is 55.0 cm³/mol. The van der Waals surface area contributed by atoms with Gasteiger partial charge in [-0.1, -0.05) is 13.8 Å². The van der Waals surface area contributed by atoms with Gasteiger partial charge in [-0.25, -0.2) is 0 Å². The van der Waals surface area contributed by atoms with Gasteiger partial charge in [0.15, 0.2) is 0 Å². The average molecular weight is 214 g/mol. The monoisotopic (exact) mass is 214 g/mol. The highest BCUT2D eigenvalue weighted by atomic mass is 16.5. The molecule has 1 saturated heterocycles. The van der Waals surface area contributed by atoms with Gasteiger partial charge < -0.3 is 10.5 Å². The number of nitrogens with two attached hydrogens (primary N) is 1. The first-order chi connectivity index (χ1) is 7.11. The van der Waals surface area contributed by atoms with Crippen molar-refractivity contribution in [3.63, 3.8) is 0 Å². The number of ether oxygens (including phenoxy) is 1. The molecule has 0 unspecified atom stereocenters. The van der Waals surface area contributed by atoms with Crippen LogP contribution in [0.1, 0.15) is 26.7 Å². The summed E-state index contributed by atoms with van der Waals surface area (Å²) in [5, 5.41) is 0. The summed E-state index contributed by atoms with van der Waals surface area (Å²) in [6.45, 7) is 4.14. The molecule has 1 aliphatic heterocycles. The maximum Gasteiger partial charge on any atom is 0.255 e. The van der Waals surface area contributed by atoms with E-state index in [0.717, 1.165) is 0 Å². The predicted octanol–water partition coefficient (Wildman–Crippen LogP) is -0.111. The van der Waals surface area contributed by atoms with Gasteiger partial charge in [-0.05, 0) is 12.8 Å². The molecule has 0 aromatic rings. The Balaban J connectivity index is 2.98. The number of rotatable bonds is 4. The molecule has 2 N–H and O–H groups in total. The molecule has 86 valence electrons. The third-order valence-corrected chi connectivity index (χ3v) is 3.12. The van der Waals surface area contributed by atoms with E-state index in [9.17, 15) is 9.59 Å². The molecule has 1 fully saturated rings. The van der Waals surface area contributed by atoms with Crippen LogP contribution in [0.25, 0.3) is 0 Å². The Labute approximate surface area is 89.6 Å². The first-order valence-corrected chi connectivity index (χ1v) is 5.25. The highest BCUT2D eigenvalue weighted by Gasteiger charge is 2.41. The van der Waals surface area contributed by atoms with Crippen LogP contribution in [0.4, 0.5) is 0 Å². The number of hydrogen-bond donors (Lipinski definition) is 1. The molecule has 15 heavy (non-hydrogen) atoms. The Morgan fingerprint density at radius 3 is 2.07 bits per heavy atom. The third kappa shape index (κ3) is 2.03. The lowest BCUT2D eigenvalue weighted by atomic mass is 9.90. The largest absolute Gasteiger partial charge is 0.362 e. The van der Waals surface area contributed by atoms with E-state index in [-0.39, 0.29) is 25.0 Å². The standard InChI is InChI=1S/C10H18N2O3/c1-3-10(4-2,7-11)12-8(13)5-15-6-9(12)14/h3-7,11H2,1-2H3. The number of carbonyl (C=O) groups excluding carboxylic acids is 2. The second-order valence-corrected chi connectivity index (χ2v) is 3.75. The first-order valence-electron chi connectivity index (χ1n) is 5.25. The molecule has 1 aliphatic rings. The van der Waals surface area contributed by atoms with Crippen LogP contribution in [-0.2, 0) is 14.3 Å². The van der Waals surface area contributed by atoms with Gasteiger partial charge in [-0.15, -0.1) is 0 Å². The number of hydrogen-bond acceptors (Lipinski definition) is 4. The molecule has 1 rings (SSSR count). The second kappa shape index (κ2) is 4.72. The Morgan fingerprint density at radius 2 is 1.73 bits per heavy atom. The molecule has 5 heteroatoms. The van der Waals surface area contributed by atoms with Crippen LogP contribution in [0, 0.1) is 0 Å². The number of carbonyl (C=O) groups is 2. The van der Waals surface area contributed by atoms with E-state index in [2.05, 4.69) is 0 Å². The zero-order chi connectivity index (χ0) is 11.5. The molecule has 2 amide bonds. The number of nitrogens with zero attached hydrogens (tertiary/aromatic N) is 1. The summed E-state index contributed by atoms with van der Waals surface area (Å²) in [6.07, 6.45) is 1.36. The maximum atomic E-state index is 11.7. The van der Waals surface area contributed by atoms with E-state index in [4.69, 9.17) is 10.5 Å². The van der Waals surface area contributed by atoms with E-state index in [1.165, 1.54) is 4.90 Å². The van der Waals surface area contributed by atoms with E-state index >= 15 is 0 Å². The maximum absolute atomic E-state index is 11.7. The molecule has 5 nitrogen and oxygen atoms in total. The molecule has 0 aromatic carbocycles. The highest BCUT2D eigenvalue weighted by Crippen LogP contribution is 2.25. The fraction of sp³-hybridized carbons (Fsp3) is 0.800. The Bertz CT molecular complexity index is 237. The van der Waals surface area contributed by atoms with Crippen molar-refractivity contribution in [1.29, 1.82) is 0 Å². The molecule has 0 aromatic heterocycles. The minimum Gasteiger partial charge on any atom is -0.362 e. The lowest BCUT2D eigenvalue weighted by Gasteiger charge is -2.42. The van der Waals surface area contributed by atoms with Gasteiger partial charge in [0.2, 0.25) is 0 Å². The minimum atomic E-state index is -0.530. The topological polar surface area (TPSA) is 72.6 Å². The second-order valence-electron chi connectivity index (χ2n) is 3.75. The van der Waals surface area contributed by atoms with Gasteiger partial charge in [0.1, 0.15) is 13.2 Å². The van der Waals surface area contributed by atoms with Crippen LogP contribution in [0.3, 0.4) is 0 Å². The van der Waals surface area contributed by atoms with Crippen molar-refractivity contribution in [2.45, 2.75) is 32.2 Å². The average Bonchev–Trinajstić information content (AvgIpc) is 2.24. The molecular weight excluding hydrogens is 196 g/mol. The lowest BCUT2D eigenvalue weighted by Crippen LogP contribution is -2.61. The van der Waals surface area contributed by atoms with Crippen molar-refractivity contribution in [1.82, 2.24) is 4.90 Å². The van der Waals surface area contributed by atoms with E-state index in [0.29, 0.717) is 19.4 Å². The van der Waals surface area contributed by atoms with Crippen LogP contribution in [-0.4, -0.2) is 42.0 Å². The smallest absolute Gasteiger partial charge is 0.255 e. The van der Waals surface area contributed by atoms with Crippen LogP contribution in [0.5, 0.6) is 0 Å². The van der Waals surface area contributed by atoms with Gasteiger partial charge in [-0.2, -0.15) is 0 Å². The van der Waals surface area contributed by atoms with E-state index in [1.54, 1.807) is 0 Å². The summed E-state index contributed by atoms with van der Waals surface area (Å²) in [5.74, 6) is -0.555. The summed E-state index contributed by atoms with van der Waals surface area (Å²) in [6, 6.07) is 0. The fourth-order valence-electron chi connectivity index (χ4n) is 1.97. The first kappa shape index (κ1) is 12.1.